The van der Waals surface area contributed by atoms with Gasteiger partial charge in [0.2, 0.25) is 11.8 Å². The van der Waals surface area contributed by atoms with Crippen LogP contribution in [0.15, 0.2) is 27.1 Å². The third-order valence-corrected chi connectivity index (χ3v) is 4.98. The summed E-state index contributed by atoms with van der Waals surface area (Å²) in [5.74, 6) is 1.33. The summed E-state index contributed by atoms with van der Waals surface area (Å²) in [6.07, 6.45) is 0. The van der Waals surface area contributed by atoms with Crippen molar-refractivity contribution in [3.05, 3.63) is 23.4 Å². The first-order valence-corrected chi connectivity index (χ1v) is 9.10. The van der Waals surface area contributed by atoms with Crippen LogP contribution in [0.3, 0.4) is 0 Å². The quantitative estimate of drug-likeness (QED) is 0.671. The summed E-state index contributed by atoms with van der Waals surface area (Å²) in [5, 5.41) is 21.2. The predicted molar refractivity (Wildman–Crippen MR) is 92.1 cm³/mol. The van der Waals surface area contributed by atoms with Crippen molar-refractivity contribution in [1.82, 2.24) is 25.0 Å². The molecule has 0 aliphatic carbocycles. The fourth-order valence-electron chi connectivity index (χ4n) is 1.86. The van der Waals surface area contributed by atoms with Gasteiger partial charge in [-0.25, -0.2) is 0 Å². The SMILES string of the molecule is CC(C)c1nnc(NC(=O)CSc2nnc(-c3cccs3)n2C)o1. The molecule has 24 heavy (non-hydrogen) atoms. The molecule has 0 aliphatic heterocycles. The van der Waals surface area contributed by atoms with Gasteiger partial charge in [0.05, 0.1) is 10.6 Å². The second-order valence-electron chi connectivity index (χ2n) is 5.28. The van der Waals surface area contributed by atoms with E-state index in [1.807, 2.05) is 43.0 Å². The lowest BCUT2D eigenvalue weighted by atomic mass is 10.2. The lowest BCUT2D eigenvalue weighted by molar-refractivity contribution is -0.113. The normalized spacial score (nSPS) is 11.2. The first-order chi connectivity index (χ1) is 11.5. The Bertz CT molecular complexity index is 824. The van der Waals surface area contributed by atoms with Crippen LogP contribution in [0.1, 0.15) is 25.7 Å². The van der Waals surface area contributed by atoms with Gasteiger partial charge in [-0.2, -0.15) is 0 Å². The van der Waals surface area contributed by atoms with Gasteiger partial charge in [-0.3, -0.25) is 10.1 Å². The number of anilines is 1. The number of hydrogen-bond acceptors (Lipinski definition) is 8. The van der Waals surface area contributed by atoms with Gasteiger partial charge in [-0.15, -0.1) is 26.6 Å². The van der Waals surface area contributed by atoms with Crippen LogP contribution in [0.2, 0.25) is 0 Å². The fraction of sp³-hybridized carbons (Fsp3) is 0.357. The van der Waals surface area contributed by atoms with E-state index in [0.717, 1.165) is 10.7 Å². The molecule has 3 rings (SSSR count). The average molecular weight is 364 g/mol. The van der Waals surface area contributed by atoms with Gasteiger partial charge in [0.15, 0.2) is 11.0 Å². The molecule has 3 aromatic heterocycles. The number of carbonyl (C=O) groups excluding carboxylic acids is 1. The molecule has 1 N–H and O–H groups in total. The molecule has 3 aromatic rings. The molecular formula is C14H16N6O2S2. The Labute approximate surface area is 146 Å². The Morgan fingerprint density at radius 2 is 2.21 bits per heavy atom. The third kappa shape index (κ3) is 3.65. The summed E-state index contributed by atoms with van der Waals surface area (Å²) in [7, 11) is 1.88. The highest BCUT2D eigenvalue weighted by Gasteiger charge is 2.15. The predicted octanol–water partition coefficient (Wildman–Crippen LogP) is 2.78. The molecule has 0 bridgehead atoms. The van der Waals surface area contributed by atoms with Gasteiger partial charge in [-0.1, -0.05) is 36.8 Å². The number of nitrogens with zero attached hydrogens (tertiary/aromatic N) is 5. The Kier molecular flexibility index (Phi) is 4.95. The minimum atomic E-state index is -0.236. The zero-order valence-electron chi connectivity index (χ0n) is 13.4. The number of thiophene rings is 1. The maximum Gasteiger partial charge on any atom is 0.322 e. The number of rotatable bonds is 6. The van der Waals surface area contributed by atoms with E-state index in [0.29, 0.717) is 11.0 Å². The summed E-state index contributed by atoms with van der Waals surface area (Å²) >= 11 is 2.89. The molecule has 8 nitrogen and oxygen atoms in total. The second kappa shape index (κ2) is 7.14. The summed E-state index contributed by atoms with van der Waals surface area (Å²) in [6, 6.07) is 4.06. The van der Waals surface area contributed by atoms with Gasteiger partial charge in [-0.05, 0) is 11.4 Å². The number of carbonyl (C=O) groups is 1. The van der Waals surface area contributed by atoms with Crippen molar-refractivity contribution < 1.29 is 9.21 Å². The Hall–Kier alpha value is -2.20. The highest BCUT2D eigenvalue weighted by Crippen LogP contribution is 2.26. The van der Waals surface area contributed by atoms with Crippen molar-refractivity contribution in [1.29, 1.82) is 0 Å². The van der Waals surface area contributed by atoms with Crippen molar-refractivity contribution in [3.63, 3.8) is 0 Å². The molecular weight excluding hydrogens is 348 g/mol. The van der Waals surface area contributed by atoms with Crippen LogP contribution < -0.4 is 5.32 Å². The Morgan fingerprint density at radius 1 is 1.38 bits per heavy atom. The minimum absolute atomic E-state index is 0.113. The smallest absolute Gasteiger partial charge is 0.322 e. The zero-order chi connectivity index (χ0) is 17.1. The Morgan fingerprint density at radius 3 is 2.88 bits per heavy atom. The van der Waals surface area contributed by atoms with Crippen LogP contribution in [-0.4, -0.2) is 36.6 Å². The van der Waals surface area contributed by atoms with Crippen molar-refractivity contribution in [2.45, 2.75) is 24.9 Å². The topological polar surface area (TPSA) is 98.7 Å². The average Bonchev–Trinajstić information content (AvgIpc) is 3.26. The third-order valence-electron chi connectivity index (χ3n) is 3.09. The van der Waals surface area contributed by atoms with E-state index in [1.165, 1.54) is 11.8 Å². The first-order valence-electron chi connectivity index (χ1n) is 7.24. The Balaban J connectivity index is 1.58. The van der Waals surface area contributed by atoms with Crippen molar-refractivity contribution in [2.75, 3.05) is 11.1 Å². The molecule has 0 atom stereocenters. The highest BCUT2D eigenvalue weighted by atomic mass is 32.2. The maximum atomic E-state index is 12.0. The van der Waals surface area contributed by atoms with E-state index in [1.54, 1.807) is 11.3 Å². The van der Waals surface area contributed by atoms with E-state index < -0.39 is 0 Å². The van der Waals surface area contributed by atoms with Crippen LogP contribution in [0.5, 0.6) is 0 Å². The summed E-state index contributed by atoms with van der Waals surface area (Å²) in [5.41, 5.74) is 0. The van der Waals surface area contributed by atoms with Crippen molar-refractivity contribution >= 4 is 35.0 Å². The molecule has 0 radical (unpaired) electrons. The largest absolute Gasteiger partial charge is 0.408 e. The summed E-state index contributed by atoms with van der Waals surface area (Å²) in [6.45, 7) is 3.88. The number of amides is 1. The number of nitrogens with one attached hydrogen (secondary N) is 1. The van der Waals surface area contributed by atoms with E-state index in [4.69, 9.17) is 4.42 Å². The van der Waals surface area contributed by atoms with Crippen LogP contribution in [0.25, 0.3) is 10.7 Å². The minimum Gasteiger partial charge on any atom is -0.408 e. The van der Waals surface area contributed by atoms with E-state index in [2.05, 4.69) is 25.7 Å². The number of aromatic nitrogens is 5. The maximum absolute atomic E-state index is 12.0. The van der Waals surface area contributed by atoms with Gasteiger partial charge in [0, 0.05) is 13.0 Å². The molecule has 0 saturated carbocycles. The number of hydrogen-bond donors (Lipinski definition) is 1. The molecule has 1 amide bonds. The van der Waals surface area contributed by atoms with E-state index >= 15 is 0 Å². The van der Waals surface area contributed by atoms with Crippen molar-refractivity contribution in [2.24, 2.45) is 7.05 Å². The molecule has 0 saturated heterocycles. The highest BCUT2D eigenvalue weighted by molar-refractivity contribution is 7.99. The lowest BCUT2D eigenvalue weighted by Crippen LogP contribution is -2.14. The molecule has 0 aliphatic rings. The second-order valence-corrected chi connectivity index (χ2v) is 7.17. The molecule has 3 heterocycles. The van der Waals surface area contributed by atoms with E-state index in [-0.39, 0.29) is 23.6 Å². The molecule has 0 unspecified atom stereocenters. The zero-order valence-corrected chi connectivity index (χ0v) is 15.0. The molecule has 0 spiro atoms. The lowest BCUT2D eigenvalue weighted by Gasteiger charge is -2.02. The monoisotopic (exact) mass is 364 g/mol. The fourth-order valence-corrected chi connectivity index (χ4v) is 3.32. The molecule has 0 aromatic carbocycles. The summed E-state index contributed by atoms with van der Waals surface area (Å²) < 4.78 is 7.22. The van der Waals surface area contributed by atoms with Crippen LogP contribution in [-0.2, 0) is 11.8 Å². The first kappa shape index (κ1) is 16.7. The van der Waals surface area contributed by atoms with Gasteiger partial charge in [0.25, 0.3) is 0 Å². The van der Waals surface area contributed by atoms with Crippen LogP contribution in [0, 0.1) is 0 Å². The van der Waals surface area contributed by atoms with E-state index in [9.17, 15) is 4.79 Å². The molecule has 10 heteroatoms. The molecule has 0 fully saturated rings. The van der Waals surface area contributed by atoms with Crippen LogP contribution in [0.4, 0.5) is 6.01 Å². The molecule has 126 valence electrons. The van der Waals surface area contributed by atoms with Crippen molar-refractivity contribution in [3.8, 4) is 10.7 Å². The van der Waals surface area contributed by atoms with Gasteiger partial charge < -0.3 is 8.98 Å². The van der Waals surface area contributed by atoms with Gasteiger partial charge >= 0.3 is 6.01 Å². The summed E-state index contributed by atoms with van der Waals surface area (Å²) in [4.78, 5) is 13.0. The number of thioether (sulfide) groups is 1. The van der Waals surface area contributed by atoms with Gasteiger partial charge in [0.1, 0.15) is 0 Å². The standard InChI is InChI=1S/C14H16N6O2S2/c1-8(2)12-17-18-13(22-12)15-10(21)7-24-14-19-16-11(20(14)3)9-5-4-6-23-9/h4-6,8H,7H2,1-3H3,(H,15,18,21). The van der Waals surface area contributed by atoms with Crippen LogP contribution >= 0.6 is 23.1 Å².